The summed E-state index contributed by atoms with van der Waals surface area (Å²) in [7, 11) is 0. The average Bonchev–Trinajstić information content (AvgIpc) is 2.72. The number of rotatable bonds is 8. The standard InChI is InChI=1S/C20H20N4O4/c1-2-10-23(14-16-8-6-15(12-21)7-9-16)19(25)13-22-20(26)17-4-3-5-18(11-17)24(27)28/h3-9,11H,2,10,13-14H2,1H3,(H,22,26). The minimum atomic E-state index is -0.581. The van der Waals surface area contributed by atoms with E-state index in [0.29, 0.717) is 18.7 Å². The Morgan fingerprint density at radius 2 is 1.93 bits per heavy atom. The van der Waals surface area contributed by atoms with Crippen molar-refractivity contribution in [2.45, 2.75) is 19.9 Å². The van der Waals surface area contributed by atoms with Crippen LogP contribution in [0.2, 0.25) is 0 Å². The topological polar surface area (TPSA) is 116 Å². The van der Waals surface area contributed by atoms with Crippen molar-refractivity contribution in [1.29, 1.82) is 5.26 Å². The van der Waals surface area contributed by atoms with Gasteiger partial charge in [-0.25, -0.2) is 0 Å². The maximum Gasteiger partial charge on any atom is 0.270 e. The van der Waals surface area contributed by atoms with Crippen molar-refractivity contribution < 1.29 is 14.5 Å². The molecule has 0 unspecified atom stereocenters. The van der Waals surface area contributed by atoms with Gasteiger partial charge in [-0.2, -0.15) is 5.26 Å². The SMILES string of the molecule is CCCN(Cc1ccc(C#N)cc1)C(=O)CNC(=O)c1cccc([N+](=O)[O-])c1. The summed E-state index contributed by atoms with van der Waals surface area (Å²) in [5.41, 5.74) is 1.36. The van der Waals surface area contributed by atoms with E-state index in [1.54, 1.807) is 29.2 Å². The van der Waals surface area contributed by atoms with Gasteiger partial charge >= 0.3 is 0 Å². The van der Waals surface area contributed by atoms with E-state index in [9.17, 15) is 19.7 Å². The number of carbonyl (C=O) groups excluding carboxylic acids is 2. The molecule has 0 bridgehead atoms. The van der Waals surface area contributed by atoms with Crippen LogP contribution < -0.4 is 5.32 Å². The molecule has 0 spiro atoms. The third-order valence-electron chi connectivity index (χ3n) is 4.02. The van der Waals surface area contributed by atoms with Gasteiger partial charge in [-0.3, -0.25) is 19.7 Å². The minimum Gasteiger partial charge on any atom is -0.343 e. The van der Waals surface area contributed by atoms with Crippen molar-refractivity contribution in [3.8, 4) is 6.07 Å². The molecule has 0 radical (unpaired) electrons. The number of carbonyl (C=O) groups is 2. The molecule has 0 saturated carbocycles. The van der Waals surface area contributed by atoms with E-state index in [-0.39, 0.29) is 23.7 Å². The Hall–Kier alpha value is -3.73. The van der Waals surface area contributed by atoms with Crippen LogP contribution in [0, 0.1) is 21.4 Å². The molecule has 0 atom stereocenters. The molecule has 8 heteroatoms. The fourth-order valence-electron chi connectivity index (χ4n) is 2.60. The van der Waals surface area contributed by atoms with E-state index < -0.39 is 10.8 Å². The Bertz CT molecular complexity index is 903. The highest BCUT2D eigenvalue weighted by Crippen LogP contribution is 2.13. The molecule has 144 valence electrons. The third kappa shape index (κ3) is 5.64. The zero-order chi connectivity index (χ0) is 20.5. The van der Waals surface area contributed by atoms with Gasteiger partial charge in [-0.15, -0.1) is 0 Å². The zero-order valence-electron chi connectivity index (χ0n) is 15.4. The van der Waals surface area contributed by atoms with Crippen molar-refractivity contribution in [3.05, 3.63) is 75.3 Å². The number of nitrogens with one attached hydrogen (secondary N) is 1. The fourth-order valence-corrected chi connectivity index (χ4v) is 2.60. The Labute approximate surface area is 162 Å². The van der Waals surface area contributed by atoms with Gasteiger partial charge in [-0.05, 0) is 30.2 Å². The summed E-state index contributed by atoms with van der Waals surface area (Å²) in [6.07, 6.45) is 0.751. The maximum absolute atomic E-state index is 12.5. The Kier molecular flexibility index (Phi) is 7.22. The number of hydrogen-bond acceptors (Lipinski definition) is 5. The van der Waals surface area contributed by atoms with E-state index in [0.717, 1.165) is 12.0 Å². The van der Waals surface area contributed by atoms with Crippen LogP contribution in [0.3, 0.4) is 0 Å². The number of non-ortho nitro benzene ring substituents is 1. The fraction of sp³-hybridized carbons (Fsp3) is 0.250. The first-order chi connectivity index (χ1) is 13.4. The molecule has 2 rings (SSSR count). The average molecular weight is 380 g/mol. The highest BCUT2D eigenvalue weighted by atomic mass is 16.6. The van der Waals surface area contributed by atoms with Crippen LogP contribution in [0.5, 0.6) is 0 Å². The molecule has 2 aromatic carbocycles. The molecule has 2 amide bonds. The molecular formula is C20H20N4O4. The van der Waals surface area contributed by atoms with Gasteiger partial charge in [0.2, 0.25) is 5.91 Å². The monoisotopic (exact) mass is 380 g/mol. The zero-order valence-corrected chi connectivity index (χ0v) is 15.4. The first-order valence-corrected chi connectivity index (χ1v) is 8.74. The van der Waals surface area contributed by atoms with Crippen LogP contribution in [0.1, 0.15) is 34.8 Å². The number of amides is 2. The van der Waals surface area contributed by atoms with Crippen molar-refractivity contribution in [1.82, 2.24) is 10.2 Å². The van der Waals surface area contributed by atoms with Crippen LogP contribution in [0.25, 0.3) is 0 Å². The molecule has 0 heterocycles. The number of nitrogens with zero attached hydrogens (tertiary/aromatic N) is 3. The van der Waals surface area contributed by atoms with Crippen LogP contribution >= 0.6 is 0 Å². The first kappa shape index (κ1) is 20.6. The molecule has 2 aromatic rings. The molecule has 0 aliphatic rings. The predicted octanol–water partition coefficient (Wildman–Crippen LogP) is 2.64. The van der Waals surface area contributed by atoms with Crippen LogP contribution in [0.15, 0.2) is 48.5 Å². The molecule has 0 saturated heterocycles. The summed E-state index contributed by atoms with van der Waals surface area (Å²) in [5, 5.41) is 22.2. The molecule has 0 aromatic heterocycles. The quantitative estimate of drug-likeness (QED) is 0.558. The van der Waals surface area contributed by atoms with Gasteiger partial charge in [0.15, 0.2) is 0 Å². The second-order valence-corrected chi connectivity index (χ2v) is 6.11. The molecular weight excluding hydrogens is 360 g/mol. The Morgan fingerprint density at radius 3 is 2.54 bits per heavy atom. The smallest absolute Gasteiger partial charge is 0.270 e. The number of benzene rings is 2. The van der Waals surface area contributed by atoms with Crippen LogP contribution in [-0.2, 0) is 11.3 Å². The lowest BCUT2D eigenvalue weighted by Crippen LogP contribution is -2.40. The molecule has 28 heavy (non-hydrogen) atoms. The number of hydrogen-bond donors (Lipinski definition) is 1. The predicted molar refractivity (Wildman–Crippen MR) is 102 cm³/mol. The van der Waals surface area contributed by atoms with Gasteiger partial charge < -0.3 is 10.2 Å². The van der Waals surface area contributed by atoms with E-state index in [1.165, 1.54) is 24.3 Å². The number of nitro benzene ring substituents is 1. The Balaban J connectivity index is 1.99. The largest absolute Gasteiger partial charge is 0.343 e. The lowest BCUT2D eigenvalue weighted by Gasteiger charge is -2.22. The Morgan fingerprint density at radius 1 is 1.21 bits per heavy atom. The van der Waals surface area contributed by atoms with E-state index in [2.05, 4.69) is 5.32 Å². The summed E-state index contributed by atoms with van der Waals surface area (Å²) >= 11 is 0. The molecule has 0 aliphatic heterocycles. The van der Waals surface area contributed by atoms with Crippen LogP contribution in [0.4, 0.5) is 5.69 Å². The van der Waals surface area contributed by atoms with Crippen molar-refractivity contribution >= 4 is 17.5 Å². The van der Waals surface area contributed by atoms with Gasteiger partial charge in [0.1, 0.15) is 0 Å². The van der Waals surface area contributed by atoms with E-state index in [4.69, 9.17) is 5.26 Å². The summed E-state index contributed by atoms with van der Waals surface area (Å²) in [6.45, 7) is 2.62. The lowest BCUT2D eigenvalue weighted by atomic mass is 10.1. The van der Waals surface area contributed by atoms with Gasteiger partial charge in [-0.1, -0.05) is 25.1 Å². The normalized spacial score (nSPS) is 10.0. The summed E-state index contributed by atoms with van der Waals surface area (Å²) < 4.78 is 0. The number of nitriles is 1. The summed E-state index contributed by atoms with van der Waals surface area (Å²) in [4.78, 5) is 36.6. The molecule has 0 fully saturated rings. The van der Waals surface area contributed by atoms with Gasteiger partial charge in [0, 0.05) is 30.8 Å². The molecule has 0 aliphatic carbocycles. The van der Waals surface area contributed by atoms with Crippen LogP contribution in [-0.4, -0.2) is 34.7 Å². The summed E-state index contributed by atoms with van der Waals surface area (Å²) in [5.74, 6) is -0.808. The third-order valence-corrected chi connectivity index (χ3v) is 4.02. The second-order valence-electron chi connectivity index (χ2n) is 6.11. The van der Waals surface area contributed by atoms with E-state index in [1.807, 2.05) is 13.0 Å². The highest BCUT2D eigenvalue weighted by molar-refractivity contribution is 5.96. The van der Waals surface area contributed by atoms with E-state index >= 15 is 0 Å². The number of nitro groups is 1. The van der Waals surface area contributed by atoms with Crippen molar-refractivity contribution in [2.24, 2.45) is 0 Å². The second kappa shape index (κ2) is 9.83. The molecule has 1 N–H and O–H groups in total. The van der Waals surface area contributed by atoms with Gasteiger partial charge in [0.25, 0.3) is 11.6 Å². The van der Waals surface area contributed by atoms with Crippen molar-refractivity contribution in [3.63, 3.8) is 0 Å². The summed E-state index contributed by atoms with van der Waals surface area (Å²) in [6, 6.07) is 14.3. The highest BCUT2D eigenvalue weighted by Gasteiger charge is 2.16. The minimum absolute atomic E-state index is 0.121. The first-order valence-electron chi connectivity index (χ1n) is 8.74. The lowest BCUT2D eigenvalue weighted by molar-refractivity contribution is -0.384. The van der Waals surface area contributed by atoms with Crippen molar-refractivity contribution in [2.75, 3.05) is 13.1 Å². The molecule has 8 nitrogen and oxygen atoms in total. The maximum atomic E-state index is 12.5. The van der Waals surface area contributed by atoms with Gasteiger partial charge in [0.05, 0.1) is 23.1 Å².